The molecule has 1 N–H and O–H groups in total. The summed E-state index contributed by atoms with van der Waals surface area (Å²) in [5.41, 5.74) is 1.19. The van der Waals surface area contributed by atoms with Gasteiger partial charge in [0.25, 0.3) is 0 Å². The Morgan fingerprint density at radius 1 is 1.09 bits per heavy atom. The van der Waals surface area contributed by atoms with E-state index in [1.807, 2.05) is 0 Å². The monoisotopic (exact) mass is 309 g/mol. The summed E-state index contributed by atoms with van der Waals surface area (Å²) < 4.78 is 18.1. The Morgan fingerprint density at radius 2 is 1.96 bits per heavy atom. The SMILES string of the molecule is O=C(/C=C/c1cccc(F)c1)Nc1ccc2oc(=O)ccc2c1. The van der Waals surface area contributed by atoms with E-state index in [1.54, 1.807) is 36.4 Å². The number of carbonyl (C=O) groups is 1. The average molecular weight is 309 g/mol. The number of benzene rings is 2. The molecule has 0 atom stereocenters. The standard InChI is InChI=1S/C18H12FNO3/c19-14-3-1-2-12(10-14)4-8-17(21)20-15-6-7-16-13(11-15)5-9-18(22)23-16/h1-11H,(H,20,21)/b8-4+. The Balaban J connectivity index is 1.75. The number of nitrogens with one attached hydrogen (secondary N) is 1. The van der Waals surface area contributed by atoms with Crippen molar-refractivity contribution in [2.75, 3.05) is 5.32 Å². The first-order chi connectivity index (χ1) is 11.1. The van der Waals surface area contributed by atoms with E-state index in [2.05, 4.69) is 5.32 Å². The van der Waals surface area contributed by atoms with Crippen molar-refractivity contribution in [3.8, 4) is 0 Å². The minimum atomic E-state index is -0.424. The van der Waals surface area contributed by atoms with Gasteiger partial charge in [-0.05, 0) is 48.0 Å². The van der Waals surface area contributed by atoms with Gasteiger partial charge in [-0.2, -0.15) is 0 Å². The van der Waals surface area contributed by atoms with Crippen molar-refractivity contribution >= 4 is 28.6 Å². The molecule has 1 aromatic heterocycles. The number of halogens is 1. The van der Waals surface area contributed by atoms with Crippen LogP contribution in [0.1, 0.15) is 5.56 Å². The number of rotatable bonds is 3. The fourth-order valence-corrected chi connectivity index (χ4v) is 2.12. The molecule has 1 amide bonds. The first kappa shape index (κ1) is 14.7. The summed E-state index contributed by atoms with van der Waals surface area (Å²) in [6, 6.07) is 13.8. The van der Waals surface area contributed by atoms with Crippen LogP contribution in [0.15, 0.2) is 69.9 Å². The normalized spacial score (nSPS) is 11.0. The predicted molar refractivity (Wildman–Crippen MR) is 86.5 cm³/mol. The molecule has 1 heterocycles. The second kappa shape index (κ2) is 6.27. The molecule has 0 aliphatic rings. The summed E-state index contributed by atoms with van der Waals surface area (Å²) in [7, 11) is 0. The van der Waals surface area contributed by atoms with Crippen molar-refractivity contribution in [1.29, 1.82) is 0 Å². The minimum absolute atomic E-state index is 0.342. The van der Waals surface area contributed by atoms with E-state index in [1.165, 1.54) is 30.4 Å². The van der Waals surface area contributed by atoms with Gasteiger partial charge in [-0.25, -0.2) is 9.18 Å². The highest BCUT2D eigenvalue weighted by Gasteiger charge is 2.02. The van der Waals surface area contributed by atoms with Crippen molar-refractivity contribution in [3.63, 3.8) is 0 Å². The van der Waals surface area contributed by atoms with Crippen LogP contribution in [0.3, 0.4) is 0 Å². The molecule has 2 aromatic carbocycles. The van der Waals surface area contributed by atoms with Gasteiger partial charge in [-0.1, -0.05) is 12.1 Å². The molecule has 0 saturated carbocycles. The molecule has 0 aliphatic heterocycles. The second-order valence-corrected chi connectivity index (χ2v) is 4.88. The van der Waals surface area contributed by atoms with Gasteiger partial charge in [-0.3, -0.25) is 4.79 Å². The minimum Gasteiger partial charge on any atom is -0.423 e. The third-order valence-corrected chi connectivity index (χ3v) is 3.16. The maximum atomic E-state index is 13.0. The van der Waals surface area contributed by atoms with Gasteiger partial charge in [0, 0.05) is 23.2 Å². The van der Waals surface area contributed by atoms with Crippen LogP contribution < -0.4 is 10.9 Å². The fraction of sp³-hybridized carbons (Fsp3) is 0. The topological polar surface area (TPSA) is 59.3 Å². The Kier molecular flexibility index (Phi) is 4.01. The average Bonchev–Trinajstić information content (AvgIpc) is 2.53. The van der Waals surface area contributed by atoms with Crippen molar-refractivity contribution in [1.82, 2.24) is 0 Å². The summed E-state index contributed by atoms with van der Waals surface area (Å²) in [5, 5.41) is 3.40. The van der Waals surface area contributed by atoms with E-state index in [4.69, 9.17) is 4.42 Å². The molecule has 0 aliphatic carbocycles. The summed E-state index contributed by atoms with van der Waals surface area (Å²) in [4.78, 5) is 23.0. The highest BCUT2D eigenvalue weighted by Crippen LogP contribution is 2.17. The number of anilines is 1. The summed E-state index contributed by atoms with van der Waals surface area (Å²) in [6.07, 6.45) is 2.85. The molecular weight excluding hydrogens is 297 g/mol. The Bertz CT molecular complexity index is 960. The number of amides is 1. The largest absolute Gasteiger partial charge is 0.423 e. The van der Waals surface area contributed by atoms with Crippen LogP contribution in [0, 0.1) is 5.82 Å². The van der Waals surface area contributed by atoms with Crippen molar-refractivity contribution < 1.29 is 13.6 Å². The van der Waals surface area contributed by atoms with E-state index in [-0.39, 0.29) is 11.7 Å². The summed E-state index contributed by atoms with van der Waals surface area (Å²) in [6.45, 7) is 0. The van der Waals surface area contributed by atoms with E-state index in [0.717, 1.165) is 0 Å². The van der Waals surface area contributed by atoms with Gasteiger partial charge in [-0.15, -0.1) is 0 Å². The van der Waals surface area contributed by atoms with Crippen LogP contribution in [0.25, 0.3) is 17.0 Å². The van der Waals surface area contributed by atoms with Gasteiger partial charge in [0.05, 0.1) is 0 Å². The molecule has 3 rings (SSSR count). The van der Waals surface area contributed by atoms with Gasteiger partial charge in [0.15, 0.2) is 0 Å². The lowest BCUT2D eigenvalue weighted by atomic mass is 10.2. The lowest BCUT2D eigenvalue weighted by molar-refractivity contribution is -0.111. The molecule has 23 heavy (non-hydrogen) atoms. The number of fused-ring (bicyclic) bond motifs is 1. The molecule has 0 bridgehead atoms. The molecule has 0 spiro atoms. The Morgan fingerprint density at radius 3 is 2.78 bits per heavy atom. The van der Waals surface area contributed by atoms with Crippen LogP contribution >= 0.6 is 0 Å². The highest BCUT2D eigenvalue weighted by molar-refractivity contribution is 6.02. The molecular formula is C18H12FNO3. The van der Waals surface area contributed by atoms with E-state index in [0.29, 0.717) is 22.2 Å². The second-order valence-electron chi connectivity index (χ2n) is 4.88. The molecule has 4 nitrogen and oxygen atoms in total. The van der Waals surface area contributed by atoms with Crippen molar-refractivity contribution in [2.45, 2.75) is 0 Å². The third kappa shape index (κ3) is 3.71. The molecule has 0 saturated heterocycles. The molecule has 0 unspecified atom stereocenters. The zero-order chi connectivity index (χ0) is 16.2. The zero-order valence-electron chi connectivity index (χ0n) is 12.0. The van der Waals surface area contributed by atoms with Crippen LogP contribution in [0.5, 0.6) is 0 Å². The van der Waals surface area contributed by atoms with Gasteiger partial charge in [0.2, 0.25) is 5.91 Å². The smallest absolute Gasteiger partial charge is 0.336 e. The van der Waals surface area contributed by atoms with Crippen molar-refractivity contribution in [2.24, 2.45) is 0 Å². The lowest BCUT2D eigenvalue weighted by Gasteiger charge is -2.03. The molecule has 0 radical (unpaired) electrons. The predicted octanol–water partition coefficient (Wildman–Crippen LogP) is 3.58. The maximum Gasteiger partial charge on any atom is 0.336 e. The maximum absolute atomic E-state index is 13.0. The summed E-state index contributed by atoms with van der Waals surface area (Å²) >= 11 is 0. The van der Waals surface area contributed by atoms with E-state index >= 15 is 0 Å². The first-order valence-corrected chi connectivity index (χ1v) is 6.89. The third-order valence-electron chi connectivity index (χ3n) is 3.16. The number of hydrogen-bond donors (Lipinski definition) is 1. The quantitative estimate of drug-likeness (QED) is 0.594. The highest BCUT2D eigenvalue weighted by atomic mass is 19.1. The molecule has 0 fully saturated rings. The lowest BCUT2D eigenvalue weighted by Crippen LogP contribution is -2.07. The van der Waals surface area contributed by atoms with Gasteiger partial charge in [0.1, 0.15) is 11.4 Å². The van der Waals surface area contributed by atoms with E-state index in [9.17, 15) is 14.0 Å². The van der Waals surface area contributed by atoms with Crippen LogP contribution in [-0.2, 0) is 4.79 Å². The van der Waals surface area contributed by atoms with Crippen LogP contribution in [0.4, 0.5) is 10.1 Å². The number of hydrogen-bond acceptors (Lipinski definition) is 3. The van der Waals surface area contributed by atoms with Crippen LogP contribution in [-0.4, -0.2) is 5.91 Å². The first-order valence-electron chi connectivity index (χ1n) is 6.89. The Labute approximate surface area is 130 Å². The molecule has 3 aromatic rings. The van der Waals surface area contributed by atoms with E-state index < -0.39 is 5.63 Å². The summed E-state index contributed by atoms with van der Waals surface area (Å²) in [5.74, 6) is -0.699. The van der Waals surface area contributed by atoms with Crippen molar-refractivity contribution in [3.05, 3.63) is 82.5 Å². The van der Waals surface area contributed by atoms with Gasteiger partial charge >= 0.3 is 5.63 Å². The zero-order valence-corrected chi connectivity index (χ0v) is 12.0. The fourth-order valence-electron chi connectivity index (χ4n) is 2.12. The Hall–Kier alpha value is -3.21. The molecule has 114 valence electrons. The number of carbonyl (C=O) groups excluding carboxylic acids is 1. The van der Waals surface area contributed by atoms with Crippen LogP contribution in [0.2, 0.25) is 0 Å². The molecule has 5 heteroatoms. The van der Waals surface area contributed by atoms with Gasteiger partial charge < -0.3 is 9.73 Å².